The topological polar surface area (TPSA) is 29.4 Å². The molecule has 0 amide bonds. The first-order valence-corrected chi connectivity index (χ1v) is 7.54. The van der Waals surface area contributed by atoms with Gasteiger partial charge in [-0.1, -0.05) is 12.1 Å². The van der Waals surface area contributed by atoms with E-state index in [1.165, 1.54) is 22.6 Å². The zero-order chi connectivity index (χ0) is 14.7. The summed E-state index contributed by atoms with van der Waals surface area (Å²) in [5.74, 6) is 0. The maximum Gasteiger partial charge on any atom is 0.0642 e. The largest absolute Gasteiger partial charge is 0.378 e. The average molecular weight is 285 g/mol. The van der Waals surface area contributed by atoms with Crippen LogP contribution in [0.15, 0.2) is 36.4 Å². The number of aryl methyl sites for hydroxylation is 2. The molecule has 4 nitrogen and oxygen atoms in total. The molecule has 1 aromatic carbocycles. The Bertz CT molecular complexity index is 563. The lowest BCUT2D eigenvalue weighted by Gasteiger charge is -2.29. The minimum Gasteiger partial charge on any atom is -0.378 e. The van der Waals surface area contributed by atoms with Crippen LogP contribution in [0.4, 0.5) is 5.69 Å². The van der Waals surface area contributed by atoms with Gasteiger partial charge in [-0.25, -0.2) is 0 Å². The summed E-state index contributed by atoms with van der Waals surface area (Å²) in [4.78, 5) is 2.38. The maximum absolute atomic E-state index is 5.39. The summed E-state index contributed by atoms with van der Waals surface area (Å²) in [5.41, 5.74) is 8.51. The van der Waals surface area contributed by atoms with Crippen LogP contribution in [0.5, 0.6) is 0 Å². The van der Waals surface area contributed by atoms with Gasteiger partial charge in [0.25, 0.3) is 0 Å². The summed E-state index contributed by atoms with van der Waals surface area (Å²) in [6, 6.07) is 13.1. The highest BCUT2D eigenvalue weighted by atomic mass is 16.5. The van der Waals surface area contributed by atoms with E-state index in [0.29, 0.717) is 0 Å². The Morgan fingerprint density at radius 2 is 1.57 bits per heavy atom. The third-order valence-electron chi connectivity index (χ3n) is 4.03. The highest BCUT2D eigenvalue weighted by Gasteiger charge is 2.10. The summed E-state index contributed by atoms with van der Waals surface area (Å²) in [5, 5.41) is 0. The molecule has 0 aliphatic carbocycles. The van der Waals surface area contributed by atoms with E-state index >= 15 is 0 Å². The number of ether oxygens (including phenoxy) is 1. The van der Waals surface area contributed by atoms with Gasteiger partial charge in [0.15, 0.2) is 0 Å². The average Bonchev–Trinajstić information content (AvgIpc) is 2.85. The number of morpholine rings is 1. The minimum atomic E-state index is 0.829. The number of benzene rings is 1. The lowest BCUT2D eigenvalue weighted by atomic mass is 10.2. The molecule has 0 bridgehead atoms. The Morgan fingerprint density at radius 1 is 0.952 bits per heavy atom. The van der Waals surface area contributed by atoms with Crippen molar-refractivity contribution in [2.24, 2.45) is 0 Å². The van der Waals surface area contributed by atoms with Crippen molar-refractivity contribution in [2.75, 3.05) is 36.6 Å². The van der Waals surface area contributed by atoms with E-state index in [2.05, 4.69) is 65.2 Å². The summed E-state index contributed by atoms with van der Waals surface area (Å²) in [6.07, 6.45) is 0. The van der Waals surface area contributed by atoms with Crippen molar-refractivity contribution >= 4 is 5.69 Å². The first-order valence-electron chi connectivity index (χ1n) is 7.54. The van der Waals surface area contributed by atoms with E-state index in [1.54, 1.807) is 0 Å². The molecule has 0 atom stereocenters. The van der Waals surface area contributed by atoms with E-state index in [1.807, 2.05) is 0 Å². The second kappa shape index (κ2) is 6.22. The Morgan fingerprint density at radius 3 is 2.19 bits per heavy atom. The van der Waals surface area contributed by atoms with E-state index in [-0.39, 0.29) is 0 Å². The second-order valence-corrected chi connectivity index (χ2v) is 5.55. The van der Waals surface area contributed by atoms with Crippen molar-refractivity contribution in [2.45, 2.75) is 20.4 Å². The number of nitrogens with zero attached hydrogens (tertiary/aromatic N) is 2. The number of rotatable bonds is 4. The van der Waals surface area contributed by atoms with Gasteiger partial charge in [0.1, 0.15) is 0 Å². The van der Waals surface area contributed by atoms with Gasteiger partial charge in [-0.15, -0.1) is 0 Å². The molecule has 0 radical (unpaired) electrons. The smallest absolute Gasteiger partial charge is 0.0642 e. The van der Waals surface area contributed by atoms with Gasteiger partial charge in [-0.05, 0) is 43.7 Å². The van der Waals surface area contributed by atoms with Crippen molar-refractivity contribution in [3.8, 4) is 0 Å². The maximum atomic E-state index is 5.39. The summed E-state index contributed by atoms with van der Waals surface area (Å²) >= 11 is 0. The van der Waals surface area contributed by atoms with Crippen molar-refractivity contribution in [1.82, 2.24) is 4.68 Å². The van der Waals surface area contributed by atoms with Crippen molar-refractivity contribution in [3.05, 3.63) is 53.3 Å². The van der Waals surface area contributed by atoms with Crippen LogP contribution < -0.4 is 10.3 Å². The van der Waals surface area contributed by atoms with Gasteiger partial charge in [0.2, 0.25) is 0 Å². The molecule has 0 spiro atoms. The highest BCUT2D eigenvalue weighted by molar-refractivity contribution is 5.48. The molecule has 0 unspecified atom stereocenters. The van der Waals surface area contributed by atoms with Gasteiger partial charge >= 0.3 is 0 Å². The quantitative estimate of drug-likeness (QED) is 0.936. The van der Waals surface area contributed by atoms with Gasteiger partial charge in [-0.3, -0.25) is 4.68 Å². The van der Waals surface area contributed by atoms with E-state index in [9.17, 15) is 0 Å². The van der Waals surface area contributed by atoms with Gasteiger partial charge in [-0.2, -0.15) is 0 Å². The molecule has 21 heavy (non-hydrogen) atoms. The van der Waals surface area contributed by atoms with Crippen LogP contribution in [-0.4, -0.2) is 31.0 Å². The van der Waals surface area contributed by atoms with Crippen LogP contribution in [0.2, 0.25) is 0 Å². The normalized spacial score (nSPS) is 15.2. The molecule has 3 rings (SSSR count). The molecule has 1 aromatic heterocycles. The molecule has 1 aliphatic heterocycles. The summed E-state index contributed by atoms with van der Waals surface area (Å²) < 4.78 is 7.53. The van der Waals surface area contributed by atoms with Crippen molar-refractivity contribution in [3.63, 3.8) is 0 Å². The molecule has 0 saturated carbocycles. The molecule has 2 aromatic rings. The fourth-order valence-corrected chi connectivity index (χ4v) is 2.73. The molecular weight excluding hydrogens is 262 g/mol. The molecular formula is C17H23N3O. The van der Waals surface area contributed by atoms with E-state index < -0.39 is 0 Å². The van der Waals surface area contributed by atoms with Crippen molar-refractivity contribution in [1.29, 1.82) is 0 Å². The number of hydrogen-bond donors (Lipinski definition) is 1. The molecule has 1 aliphatic rings. The second-order valence-electron chi connectivity index (χ2n) is 5.55. The standard InChI is InChI=1S/C17H23N3O/c1-14-3-4-15(2)20(14)18-13-16-5-7-17(8-6-16)19-9-11-21-12-10-19/h3-8,18H,9-13H2,1-2H3. The summed E-state index contributed by atoms with van der Waals surface area (Å²) in [7, 11) is 0. The Balaban J connectivity index is 1.62. The zero-order valence-electron chi connectivity index (χ0n) is 12.8. The molecule has 2 heterocycles. The fourth-order valence-electron chi connectivity index (χ4n) is 2.73. The van der Waals surface area contributed by atoms with E-state index in [4.69, 9.17) is 4.74 Å². The number of hydrogen-bond acceptors (Lipinski definition) is 3. The minimum absolute atomic E-state index is 0.829. The van der Waals surface area contributed by atoms with Crippen LogP contribution in [-0.2, 0) is 11.3 Å². The number of anilines is 1. The predicted molar refractivity (Wildman–Crippen MR) is 86.4 cm³/mol. The predicted octanol–water partition coefficient (Wildman–Crippen LogP) is 2.69. The molecule has 1 N–H and O–H groups in total. The monoisotopic (exact) mass is 285 g/mol. The summed E-state index contributed by atoms with van der Waals surface area (Å²) in [6.45, 7) is 8.69. The van der Waals surface area contributed by atoms with Crippen LogP contribution in [0.1, 0.15) is 17.0 Å². The molecule has 4 heteroatoms. The van der Waals surface area contributed by atoms with Gasteiger partial charge in [0, 0.05) is 30.2 Å². The molecule has 112 valence electrons. The lowest BCUT2D eigenvalue weighted by molar-refractivity contribution is 0.122. The number of aromatic nitrogens is 1. The Kier molecular flexibility index (Phi) is 4.15. The van der Waals surface area contributed by atoms with Crippen LogP contribution in [0.25, 0.3) is 0 Å². The van der Waals surface area contributed by atoms with Crippen molar-refractivity contribution < 1.29 is 4.74 Å². The zero-order valence-corrected chi connectivity index (χ0v) is 12.8. The van der Waals surface area contributed by atoms with Crippen LogP contribution in [0.3, 0.4) is 0 Å². The third kappa shape index (κ3) is 3.22. The van der Waals surface area contributed by atoms with Crippen LogP contribution in [0, 0.1) is 13.8 Å². The Labute approximate surface area is 126 Å². The highest BCUT2D eigenvalue weighted by Crippen LogP contribution is 2.17. The van der Waals surface area contributed by atoms with E-state index in [0.717, 1.165) is 32.8 Å². The SMILES string of the molecule is Cc1ccc(C)n1NCc1ccc(N2CCOCC2)cc1. The first-order chi connectivity index (χ1) is 10.2. The first kappa shape index (κ1) is 14.0. The number of nitrogens with one attached hydrogen (secondary N) is 1. The van der Waals surface area contributed by atoms with Gasteiger partial charge < -0.3 is 15.1 Å². The van der Waals surface area contributed by atoms with Crippen LogP contribution >= 0.6 is 0 Å². The lowest BCUT2D eigenvalue weighted by Crippen LogP contribution is -2.36. The Hall–Kier alpha value is -1.94. The van der Waals surface area contributed by atoms with Gasteiger partial charge in [0.05, 0.1) is 19.8 Å². The molecule has 1 saturated heterocycles. The molecule has 1 fully saturated rings. The fraction of sp³-hybridized carbons (Fsp3) is 0.412. The third-order valence-corrected chi connectivity index (χ3v) is 4.03.